The molecular weight excluding hydrogens is 344 g/mol. The highest BCUT2D eigenvalue weighted by Gasteiger charge is 2.27. The number of carbonyl (C=O) groups is 3. The second-order valence-electron chi connectivity index (χ2n) is 5.97. The Labute approximate surface area is 156 Å². The number of primary amides is 1. The molecule has 27 heavy (non-hydrogen) atoms. The van der Waals surface area contributed by atoms with E-state index in [1.807, 2.05) is 48.5 Å². The number of hydrogen-bond acceptors (Lipinski definition) is 4. The van der Waals surface area contributed by atoms with Crippen LogP contribution < -0.4 is 11.1 Å². The topological polar surface area (TPSA) is 102 Å². The van der Waals surface area contributed by atoms with E-state index in [-0.39, 0.29) is 12.2 Å². The normalized spacial score (nSPS) is 11.6. The van der Waals surface area contributed by atoms with Crippen LogP contribution in [-0.4, -0.2) is 23.6 Å². The van der Waals surface area contributed by atoms with Gasteiger partial charge in [-0.3, -0.25) is 14.4 Å². The van der Waals surface area contributed by atoms with E-state index < -0.39 is 23.6 Å². The molecule has 1 aromatic heterocycles. The van der Waals surface area contributed by atoms with Gasteiger partial charge in [0.2, 0.25) is 5.78 Å². The van der Waals surface area contributed by atoms with Crippen molar-refractivity contribution in [1.82, 2.24) is 5.32 Å². The van der Waals surface area contributed by atoms with Crippen LogP contribution in [0.4, 0.5) is 0 Å². The number of Topliss-reactive ketones (excluding diaryl/α,β-unsaturated/α-hetero) is 1. The van der Waals surface area contributed by atoms with Crippen LogP contribution in [0, 0.1) is 0 Å². The number of rotatable bonds is 7. The maximum Gasteiger partial charge on any atom is 0.288 e. The molecule has 1 heterocycles. The van der Waals surface area contributed by atoms with Crippen LogP contribution in [-0.2, 0) is 16.0 Å². The van der Waals surface area contributed by atoms with Gasteiger partial charge in [0.25, 0.3) is 11.8 Å². The van der Waals surface area contributed by atoms with Crippen LogP contribution >= 0.6 is 0 Å². The van der Waals surface area contributed by atoms with Crippen molar-refractivity contribution in [2.75, 3.05) is 0 Å². The molecule has 0 saturated carbocycles. The Morgan fingerprint density at radius 2 is 1.56 bits per heavy atom. The highest BCUT2D eigenvalue weighted by Crippen LogP contribution is 2.24. The first-order valence-corrected chi connectivity index (χ1v) is 8.37. The summed E-state index contributed by atoms with van der Waals surface area (Å²) < 4.78 is 5.33. The molecule has 136 valence electrons. The van der Waals surface area contributed by atoms with Crippen molar-refractivity contribution < 1.29 is 18.8 Å². The molecule has 6 nitrogen and oxygen atoms in total. The van der Waals surface area contributed by atoms with Crippen molar-refractivity contribution in [1.29, 1.82) is 0 Å². The van der Waals surface area contributed by atoms with E-state index in [1.165, 1.54) is 6.26 Å². The Morgan fingerprint density at radius 3 is 2.19 bits per heavy atom. The minimum atomic E-state index is -1.10. The summed E-state index contributed by atoms with van der Waals surface area (Å²) in [6.45, 7) is 0. The number of amides is 2. The Kier molecular flexibility index (Phi) is 5.47. The Hall–Kier alpha value is -3.67. The van der Waals surface area contributed by atoms with E-state index >= 15 is 0 Å². The van der Waals surface area contributed by atoms with Crippen molar-refractivity contribution in [3.63, 3.8) is 0 Å². The molecule has 2 amide bonds. The van der Waals surface area contributed by atoms with E-state index in [0.717, 1.165) is 11.1 Å². The van der Waals surface area contributed by atoms with Gasteiger partial charge in [-0.25, -0.2) is 0 Å². The van der Waals surface area contributed by atoms with Gasteiger partial charge in [-0.1, -0.05) is 60.7 Å². The van der Waals surface area contributed by atoms with Crippen LogP contribution in [0.1, 0.15) is 16.1 Å². The lowest BCUT2D eigenvalue weighted by Crippen LogP contribution is -2.47. The van der Waals surface area contributed by atoms with Crippen molar-refractivity contribution in [2.24, 2.45) is 5.73 Å². The molecule has 0 aliphatic heterocycles. The van der Waals surface area contributed by atoms with Gasteiger partial charge in [0.15, 0.2) is 5.76 Å². The molecule has 0 radical (unpaired) electrons. The fraction of sp³-hybridized carbons (Fsp3) is 0.0952. The molecule has 0 bridgehead atoms. The molecule has 0 aliphatic rings. The van der Waals surface area contributed by atoms with Crippen LogP contribution in [0.2, 0.25) is 0 Å². The van der Waals surface area contributed by atoms with Crippen molar-refractivity contribution in [2.45, 2.75) is 12.5 Å². The third kappa shape index (κ3) is 4.30. The van der Waals surface area contributed by atoms with Crippen LogP contribution in [0.25, 0.3) is 11.1 Å². The third-order valence-electron chi connectivity index (χ3n) is 4.10. The summed E-state index contributed by atoms with van der Waals surface area (Å²) >= 11 is 0. The number of nitrogens with one attached hydrogen (secondary N) is 1. The van der Waals surface area contributed by atoms with Crippen molar-refractivity contribution >= 4 is 17.6 Å². The Bertz CT molecular complexity index is 949. The minimum Gasteiger partial charge on any atom is -0.459 e. The molecule has 1 unspecified atom stereocenters. The van der Waals surface area contributed by atoms with E-state index in [9.17, 15) is 14.4 Å². The molecule has 3 N–H and O–H groups in total. The summed E-state index contributed by atoms with van der Waals surface area (Å²) in [7, 11) is 0. The number of ketones is 1. The van der Waals surface area contributed by atoms with E-state index in [1.54, 1.807) is 18.2 Å². The molecule has 0 fully saturated rings. The van der Waals surface area contributed by atoms with Gasteiger partial charge < -0.3 is 15.5 Å². The monoisotopic (exact) mass is 362 g/mol. The second-order valence-corrected chi connectivity index (χ2v) is 5.97. The number of nitrogens with two attached hydrogens (primary N) is 1. The van der Waals surface area contributed by atoms with Gasteiger partial charge in [0, 0.05) is 12.0 Å². The zero-order chi connectivity index (χ0) is 19.2. The summed E-state index contributed by atoms with van der Waals surface area (Å²) in [6.07, 6.45) is 1.55. The number of hydrogen-bond donors (Lipinski definition) is 2. The van der Waals surface area contributed by atoms with Crippen molar-refractivity contribution in [3.8, 4) is 11.1 Å². The minimum absolute atomic E-state index is 0.0662. The molecule has 6 heteroatoms. The van der Waals surface area contributed by atoms with Gasteiger partial charge in [-0.05, 0) is 17.2 Å². The molecule has 0 aliphatic carbocycles. The predicted molar refractivity (Wildman–Crippen MR) is 99.7 cm³/mol. The van der Waals surface area contributed by atoms with Gasteiger partial charge in [-0.15, -0.1) is 0 Å². The number of furan rings is 1. The van der Waals surface area contributed by atoms with Gasteiger partial charge in [0.05, 0.1) is 6.26 Å². The molecule has 0 saturated heterocycles. The Morgan fingerprint density at radius 1 is 0.926 bits per heavy atom. The average Bonchev–Trinajstić information content (AvgIpc) is 3.18. The molecule has 1 atom stereocenters. The molecular formula is C21H18N2O4. The van der Waals surface area contributed by atoms with E-state index in [2.05, 4.69) is 5.32 Å². The highest BCUT2D eigenvalue weighted by molar-refractivity contribution is 6.38. The zero-order valence-corrected chi connectivity index (χ0v) is 14.4. The highest BCUT2D eigenvalue weighted by atomic mass is 16.3. The standard InChI is InChI=1S/C21H18N2O4/c22-20(25)18(24)17(13-14-7-3-1-4-8-14)23-21(26)19-16(11-12-27-19)15-9-5-2-6-10-15/h1-12,17H,13H2,(H2,22,25)(H,23,26). The summed E-state index contributed by atoms with van der Waals surface area (Å²) in [6, 6.07) is 18.9. The van der Waals surface area contributed by atoms with Gasteiger partial charge in [0.1, 0.15) is 6.04 Å². The van der Waals surface area contributed by atoms with Crippen molar-refractivity contribution in [3.05, 3.63) is 84.3 Å². The van der Waals surface area contributed by atoms with Gasteiger partial charge >= 0.3 is 0 Å². The first kappa shape index (κ1) is 18.1. The van der Waals surface area contributed by atoms with E-state index in [0.29, 0.717) is 5.56 Å². The lowest BCUT2D eigenvalue weighted by Gasteiger charge is -2.16. The summed E-state index contributed by atoms with van der Waals surface area (Å²) in [5.74, 6) is -2.48. The maximum atomic E-state index is 12.7. The van der Waals surface area contributed by atoms with E-state index in [4.69, 9.17) is 10.2 Å². The predicted octanol–water partition coefficient (Wildman–Crippen LogP) is 2.34. The fourth-order valence-corrected chi connectivity index (χ4v) is 2.78. The zero-order valence-electron chi connectivity index (χ0n) is 14.4. The Balaban J connectivity index is 1.84. The quantitative estimate of drug-likeness (QED) is 0.630. The van der Waals surface area contributed by atoms with Crippen LogP contribution in [0.3, 0.4) is 0 Å². The van der Waals surface area contributed by atoms with Crippen LogP contribution in [0.5, 0.6) is 0 Å². The smallest absolute Gasteiger partial charge is 0.288 e. The largest absolute Gasteiger partial charge is 0.459 e. The molecule has 0 spiro atoms. The summed E-state index contributed by atoms with van der Waals surface area (Å²) in [4.78, 5) is 36.3. The molecule has 3 aromatic rings. The first-order chi connectivity index (χ1) is 13.1. The fourth-order valence-electron chi connectivity index (χ4n) is 2.78. The van der Waals surface area contributed by atoms with Gasteiger partial charge in [-0.2, -0.15) is 0 Å². The number of benzene rings is 2. The summed E-state index contributed by atoms with van der Waals surface area (Å²) in [5.41, 5.74) is 7.33. The average molecular weight is 362 g/mol. The second kappa shape index (κ2) is 8.14. The number of carbonyl (C=O) groups excluding carboxylic acids is 3. The third-order valence-corrected chi connectivity index (χ3v) is 4.10. The lowest BCUT2D eigenvalue weighted by molar-refractivity contribution is -0.137. The van der Waals surface area contributed by atoms with Crippen LogP contribution in [0.15, 0.2) is 77.4 Å². The summed E-state index contributed by atoms with van der Waals surface area (Å²) in [5, 5.41) is 2.58. The molecule has 2 aromatic carbocycles. The SMILES string of the molecule is NC(=O)C(=O)C(Cc1ccccc1)NC(=O)c1occc1-c1ccccc1. The first-order valence-electron chi connectivity index (χ1n) is 8.37. The lowest BCUT2D eigenvalue weighted by atomic mass is 10.0. The molecule has 3 rings (SSSR count). The maximum absolute atomic E-state index is 12.7.